The summed E-state index contributed by atoms with van der Waals surface area (Å²) in [7, 11) is 0. The molecule has 1 aliphatic carbocycles. The van der Waals surface area contributed by atoms with E-state index in [-0.39, 0.29) is 5.82 Å². The molecule has 0 N–H and O–H groups in total. The van der Waals surface area contributed by atoms with Crippen molar-refractivity contribution in [2.45, 2.75) is 13.3 Å². The molecule has 0 aliphatic heterocycles. The molecule has 0 atom stereocenters. The van der Waals surface area contributed by atoms with E-state index < -0.39 is 0 Å². The Bertz CT molecular complexity index is 846. The van der Waals surface area contributed by atoms with Gasteiger partial charge in [0, 0.05) is 5.56 Å². The van der Waals surface area contributed by atoms with Crippen molar-refractivity contribution in [3.05, 3.63) is 83.2 Å². The van der Waals surface area contributed by atoms with Gasteiger partial charge in [-0.1, -0.05) is 60.7 Å². The van der Waals surface area contributed by atoms with Gasteiger partial charge in [-0.2, -0.15) is 0 Å². The van der Waals surface area contributed by atoms with Gasteiger partial charge in [0.2, 0.25) is 0 Å². The Balaban J connectivity index is 1.97. The Hall–Kier alpha value is -2.41. The highest BCUT2D eigenvalue weighted by Crippen LogP contribution is 2.42. The quantitative estimate of drug-likeness (QED) is 0.437. The molecule has 0 bridgehead atoms. The lowest BCUT2D eigenvalue weighted by molar-refractivity contribution is 0.622. The molecular formula is C20H15F. The van der Waals surface area contributed by atoms with Gasteiger partial charge in [0.1, 0.15) is 5.82 Å². The van der Waals surface area contributed by atoms with Crippen LogP contribution in [0.1, 0.15) is 16.7 Å². The molecule has 0 fully saturated rings. The van der Waals surface area contributed by atoms with E-state index in [4.69, 9.17) is 0 Å². The van der Waals surface area contributed by atoms with E-state index in [1.165, 1.54) is 22.3 Å². The molecule has 0 amide bonds. The van der Waals surface area contributed by atoms with Gasteiger partial charge in [-0.3, -0.25) is 0 Å². The Kier molecular flexibility index (Phi) is 2.68. The minimum absolute atomic E-state index is 0.109. The van der Waals surface area contributed by atoms with Gasteiger partial charge < -0.3 is 0 Å². The van der Waals surface area contributed by atoms with Crippen LogP contribution in [-0.4, -0.2) is 0 Å². The summed E-state index contributed by atoms with van der Waals surface area (Å²) in [5, 5.41) is 0. The van der Waals surface area contributed by atoms with Crippen LogP contribution in [0.3, 0.4) is 0 Å². The highest BCUT2D eigenvalue weighted by atomic mass is 19.1. The third kappa shape index (κ3) is 1.81. The maximum atomic E-state index is 14.5. The number of benzene rings is 3. The molecule has 0 nitrogen and oxygen atoms in total. The number of hydrogen-bond donors (Lipinski definition) is 0. The number of fused-ring (bicyclic) bond motifs is 3. The first kappa shape index (κ1) is 12.3. The van der Waals surface area contributed by atoms with Crippen molar-refractivity contribution < 1.29 is 4.39 Å². The fourth-order valence-electron chi connectivity index (χ4n) is 3.27. The first-order chi connectivity index (χ1) is 10.3. The van der Waals surface area contributed by atoms with Crippen LogP contribution in [0.15, 0.2) is 60.7 Å². The molecule has 4 rings (SSSR count). The molecule has 3 aromatic rings. The van der Waals surface area contributed by atoms with E-state index in [0.29, 0.717) is 11.1 Å². The van der Waals surface area contributed by atoms with Crippen LogP contribution in [-0.2, 0) is 6.42 Å². The van der Waals surface area contributed by atoms with Gasteiger partial charge in [-0.05, 0) is 46.7 Å². The molecule has 0 saturated carbocycles. The monoisotopic (exact) mass is 274 g/mol. The van der Waals surface area contributed by atoms with Crippen LogP contribution in [0.4, 0.5) is 4.39 Å². The highest BCUT2D eigenvalue weighted by Gasteiger charge is 2.22. The van der Waals surface area contributed by atoms with E-state index in [1.54, 1.807) is 0 Å². The predicted molar refractivity (Wildman–Crippen MR) is 84.8 cm³/mol. The molecule has 0 heterocycles. The zero-order valence-electron chi connectivity index (χ0n) is 11.9. The summed E-state index contributed by atoms with van der Waals surface area (Å²) in [5.74, 6) is -0.109. The average Bonchev–Trinajstić information content (AvgIpc) is 2.89. The van der Waals surface area contributed by atoms with Crippen molar-refractivity contribution in [2.24, 2.45) is 0 Å². The van der Waals surface area contributed by atoms with Crippen LogP contribution in [0.5, 0.6) is 0 Å². The maximum absolute atomic E-state index is 14.5. The molecule has 0 radical (unpaired) electrons. The summed E-state index contributed by atoms with van der Waals surface area (Å²) < 4.78 is 14.5. The fourth-order valence-corrected chi connectivity index (χ4v) is 3.27. The van der Waals surface area contributed by atoms with Crippen LogP contribution in [0.25, 0.3) is 22.3 Å². The van der Waals surface area contributed by atoms with Gasteiger partial charge in [0.25, 0.3) is 0 Å². The Labute approximate surface area is 123 Å². The van der Waals surface area contributed by atoms with E-state index in [9.17, 15) is 4.39 Å². The first-order valence-corrected chi connectivity index (χ1v) is 7.21. The molecule has 0 unspecified atom stereocenters. The predicted octanol–water partition coefficient (Wildman–Crippen LogP) is 5.37. The zero-order chi connectivity index (χ0) is 14.4. The fraction of sp³-hybridized carbons (Fsp3) is 0.100. The van der Waals surface area contributed by atoms with Gasteiger partial charge in [-0.25, -0.2) is 4.39 Å². The van der Waals surface area contributed by atoms with Crippen molar-refractivity contribution in [3.63, 3.8) is 0 Å². The summed E-state index contributed by atoms with van der Waals surface area (Å²) >= 11 is 0. The minimum Gasteiger partial charge on any atom is -0.206 e. The average molecular weight is 274 g/mol. The first-order valence-electron chi connectivity index (χ1n) is 7.21. The smallest absolute Gasteiger partial charge is 0.133 e. The Morgan fingerprint density at radius 3 is 2.19 bits per heavy atom. The molecule has 1 aliphatic rings. The molecule has 0 spiro atoms. The maximum Gasteiger partial charge on any atom is 0.133 e. The van der Waals surface area contributed by atoms with Crippen LogP contribution in [0.2, 0.25) is 0 Å². The number of aryl methyl sites for hydroxylation is 1. The van der Waals surface area contributed by atoms with Crippen molar-refractivity contribution in [1.29, 1.82) is 0 Å². The van der Waals surface area contributed by atoms with Gasteiger partial charge >= 0.3 is 0 Å². The number of rotatable bonds is 1. The van der Waals surface area contributed by atoms with Gasteiger partial charge in [-0.15, -0.1) is 0 Å². The Morgan fingerprint density at radius 2 is 1.33 bits per heavy atom. The van der Waals surface area contributed by atoms with Crippen molar-refractivity contribution in [2.75, 3.05) is 0 Å². The summed E-state index contributed by atoms with van der Waals surface area (Å²) in [6.07, 6.45) is 0.884. The molecular weight excluding hydrogens is 259 g/mol. The number of halogens is 1. The summed E-state index contributed by atoms with van der Waals surface area (Å²) in [4.78, 5) is 0. The van der Waals surface area contributed by atoms with Crippen molar-refractivity contribution in [3.8, 4) is 22.3 Å². The second-order valence-corrected chi connectivity index (χ2v) is 5.60. The molecule has 3 aromatic carbocycles. The lowest BCUT2D eigenvalue weighted by Crippen LogP contribution is -1.93. The highest BCUT2D eigenvalue weighted by molar-refractivity contribution is 5.84. The van der Waals surface area contributed by atoms with Crippen LogP contribution < -0.4 is 0 Å². The normalized spacial score (nSPS) is 12.1. The lowest BCUT2D eigenvalue weighted by Gasteiger charge is -2.11. The van der Waals surface area contributed by atoms with E-state index in [0.717, 1.165) is 12.0 Å². The molecule has 21 heavy (non-hydrogen) atoms. The summed E-state index contributed by atoms with van der Waals surface area (Å²) in [6.45, 7) is 1.82. The van der Waals surface area contributed by atoms with Crippen LogP contribution >= 0.6 is 0 Å². The SMILES string of the molecule is Cc1cccc(-c2cccc3c2Cc2ccccc2-3)c1F. The molecule has 0 aromatic heterocycles. The van der Waals surface area contributed by atoms with Crippen molar-refractivity contribution in [1.82, 2.24) is 0 Å². The largest absolute Gasteiger partial charge is 0.206 e. The van der Waals surface area contributed by atoms with E-state index in [2.05, 4.69) is 30.3 Å². The number of hydrogen-bond acceptors (Lipinski definition) is 0. The zero-order valence-corrected chi connectivity index (χ0v) is 11.9. The Morgan fingerprint density at radius 1 is 0.714 bits per heavy atom. The molecule has 102 valence electrons. The third-order valence-electron chi connectivity index (χ3n) is 4.33. The lowest BCUT2D eigenvalue weighted by atomic mass is 9.94. The molecule has 1 heteroatoms. The van der Waals surface area contributed by atoms with E-state index >= 15 is 0 Å². The summed E-state index contributed by atoms with van der Waals surface area (Å²) in [6, 6.07) is 20.3. The topological polar surface area (TPSA) is 0 Å². The second-order valence-electron chi connectivity index (χ2n) is 5.60. The third-order valence-corrected chi connectivity index (χ3v) is 4.33. The van der Waals surface area contributed by atoms with E-state index in [1.807, 2.05) is 37.3 Å². The second kappa shape index (κ2) is 4.56. The molecule has 0 saturated heterocycles. The standard InChI is InChI=1S/C20H15F/c1-13-6-4-11-18(20(13)21)17-10-5-9-16-15-8-3-2-7-14(15)12-19(16)17/h2-11H,12H2,1H3. The minimum atomic E-state index is -0.109. The van der Waals surface area contributed by atoms with Crippen molar-refractivity contribution >= 4 is 0 Å². The van der Waals surface area contributed by atoms with Gasteiger partial charge in [0.05, 0.1) is 0 Å². The van der Waals surface area contributed by atoms with Crippen LogP contribution in [0, 0.1) is 12.7 Å². The van der Waals surface area contributed by atoms with Gasteiger partial charge in [0.15, 0.2) is 0 Å². The summed E-state index contributed by atoms with van der Waals surface area (Å²) in [5.41, 5.74) is 7.51.